The van der Waals surface area contributed by atoms with Gasteiger partial charge in [-0.2, -0.15) is 0 Å². The highest BCUT2D eigenvalue weighted by Gasteiger charge is 2.29. The van der Waals surface area contributed by atoms with E-state index in [1.54, 1.807) is 0 Å². The summed E-state index contributed by atoms with van der Waals surface area (Å²) in [6, 6.07) is 8.84. The van der Waals surface area contributed by atoms with Crippen LogP contribution in [0.4, 0.5) is 0 Å². The Bertz CT molecular complexity index is 603. The second-order valence-electron chi connectivity index (χ2n) is 6.76. The van der Waals surface area contributed by atoms with Crippen molar-refractivity contribution < 1.29 is 9.15 Å². The number of hydrogen-bond acceptors (Lipinski definition) is 3. The van der Waals surface area contributed by atoms with Crippen LogP contribution in [0.1, 0.15) is 39.4 Å². The van der Waals surface area contributed by atoms with Gasteiger partial charge in [0, 0.05) is 16.8 Å². The SMILES string of the molecule is CN[C@H]1C[C@@H](Oc2ccc3oc(C(C)(C)C)cc3c2)C1. The van der Waals surface area contributed by atoms with Gasteiger partial charge in [-0.05, 0) is 44.2 Å². The normalized spacial score (nSPS) is 22.8. The summed E-state index contributed by atoms with van der Waals surface area (Å²) in [5, 5.41) is 4.39. The lowest BCUT2D eigenvalue weighted by molar-refractivity contribution is 0.0886. The fourth-order valence-electron chi connectivity index (χ4n) is 2.55. The molecule has 0 aliphatic heterocycles. The Morgan fingerprint density at radius 2 is 1.95 bits per heavy atom. The third-order valence-corrected chi connectivity index (χ3v) is 4.03. The zero-order chi connectivity index (χ0) is 14.3. The molecule has 108 valence electrons. The van der Waals surface area contributed by atoms with Crippen LogP contribution in [-0.2, 0) is 5.41 Å². The standard InChI is InChI=1S/C17H23NO2/c1-17(2,3)16-8-11-7-13(5-6-15(11)20-16)19-14-9-12(10-14)18-4/h5-8,12,14,18H,9-10H2,1-4H3/t12-,14+. The molecule has 0 bridgehead atoms. The Morgan fingerprint density at radius 1 is 1.20 bits per heavy atom. The monoisotopic (exact) mass is 273 g/mol. The molecular weight excluding hydrogens is 250 g/mol. The van der Waals surface area contributed by atoms with Crippen molar-refractivity contribution in [3.63, 3.8) is 0 Å². The molecule has 0 saturated heterocycles. The minimum atomic E-state index is 0.0357. The molecule has 3 rings (SSSR count). The van der Waals surface area contributed by atoms with Gasteiger partial charge in [-0.25, -0.2) is 0 Å². The van der Waals surface area contributed by atoms with Gasteiger partial charge in [0.1, 0.15) is 23.2 Å². The van der Waals surface area contributed by atoms with Gasteiger partial charge >= 0.3 is 0 Å². The molecule has 1 aromatic heterocycles. The lowest BCUT2D eigenvalue weighted by Crippen LogP contribution is -2.45. The molecule has 0 amide bonds. The lowest BCUT2D eigenvalue weighted by Gasteiger charge is -2.35. The summed E-state index contributed by atoms with van der Waals surface area (Å²) >= 11 is 0. The Hall–Kier alpha value is -1.48. The molecule has 1 aliphatic rings. The summed E-state index contributed by atoms with van der Waals surface area (Å²) in [7, 11) is 2.01. The summed E-state index contributed by atoms with van der Waals surface area (Å²) in [6.45, 7) is 6.48. The van der Waals surface area contributed by atoms with E-state index in [0.717, 1.165) is 35.3 Å². The van der Waals surface area contributed by atoms with Crippen LogP contribution >= 0.6 is 0 Å². The van der Waals surface area contributed by atoms with E-state index >= 15 is 0 Å². The van der Waals surface area contributed by atoms with Crippen LogP contribution in [0.2, 0.25) is 0 Å². The van der Waals surface area contributed by atoms with E-state index in [-0.39, 0.29) is 5.41 Å². The van der Waals surface area contributed by atoms with Crippen molar-refractivity contribution in [2.24, 2.45) is 0 Å². The third kappa shape index (κ3) is 2.55. The topological polar surface area (TPSA) is 34.4 Å². The van der Waals surface area contributed by atoms with Crippen molar-refractivity contribution in [1.29, 1.82) is 0 Å². The fourth-order valence-corrected chi connectivity index (χ4v) is 2.55. The minimum absolute atomic E-state index is 0.0357. The Labute approximate surface area is 120 Å². The van der Waals surface area contributed by atoms with Crippen molar-refractivity contribution in [3.05, 3.63) is 30.0 Å². The van der Waals surface area contributed by atoms with E-state index in [1.165, 1.54) is 0 Å². The van der Waals surface area contributed by atoms with E-state index in [9.17, 15) is 0 Å². The van der Waals surface area contributed by atoms with Crippen molar-refractivity contribution in [3.8, 4) is 5.75 Å². The first kappa shape index (κ1) is 13.5. The fraction of sp³-hybridized carbons (Fsp3) is 0.529. The first-order valence-corrected chi connectivity index (χ1v) is 7.34. The molecule has 1 aliphatic carbocycles. The predicted molar refractivity (Wildman–Crippen MR) is 81.4 cm³/mol. The van der Waals surface area contributed by atoms with Crippen LogP contribution in [0, 0.1) is 0 Å². The van der Waals surface area contributed by atoms with E-state index in [4.69, 9.17) is 9.15 Å². The smallest absolute Gasteiger partial charge is 0.134 e. The number of benzene rings is 1. The maximum Gasteiger partial charge on any atom is 0.134 e. The Balaban J connectivity index is 1.77. The molecule has 1 saturated carbocycles. The van der Waals surface area contributed by atoms with Crippen molar-refractivity contribution in [2.75, 3.05) is 7.05 Å². The lowest BCUT2D eigenvalue weighted by atomic mass is 9.89. The largest absolute Gasteiger partial charge is 0.490 e. The Morgan fingerprint density at radius 3 is 2.60 bits per heavy atom. The molecule has 3 heteroatoms. The maximum atomic E-state index is 6.00. The molecule has 0 unspecified atom stereocenters. The first-order chi connectivity index (χ1) is 9.45. The average molecular weight is 273 g/mol. The molecule has 2 aromatic rings. The van der Waals surface area contributed by atoms with Gasteiger partial charge in [0.15, 0.2) is 0 Å². The van der Waals surface area contributed by atoms with Gasteiger partial charge in [-0.15, -0.1) is 0 Å². The predicted octanol–water partition coefficient (Wildman–Crippen LogP) is 3.86. The van der Waals surface area contributed by atoms with Gasteiger partial charge in [-0.3, -0.25) is 0 Å². The highest BCUT2D eigenvalue weighted by molar-refractivity contribution is 5.79. The summed E-state index contributed by atoms with van der Waals surface area (Å²) in [5.41, 5.74) is 0.970. The number of rotatable bonds is 3. The Kier molecular flexibility index (Phi) is 3.25. The van der Waals surface area contributed by atoms with Gasteiger partial charge in [0.25, 0.3) is 0 Å². The number of nitrogens with one attached hydrogen (secondary N) is 1. The van der Waals surface area contributed by atoms with Gasteiger partial charge < -0.3 is 14.5 Å². The number of fused-ring (bicyclic) bond motifs is 1. The van der Waals surface area contributed by atoms with E-state index < -0.39 is 0 Å². The molecule has 1 fully saturated rings. The molecule has 3 nitrogen and oxygen atoms in total. The molecule has 1 N–H and O–H groups in total. The van der Waals surface area contributed by atoms with Gasteiger partial charge in [-0.1, -0.05) is 20.8 Å². The zero-order valence-corrected chi connectivity index (χ0v) is 12.7. The first-order valence-electron chi connectivity index (χ1n) is 7.34. The molecule has 1 aromatic carbocycles. The van der Waals surface area contributed by atoms with E-state index in [1.807, 2.05) is 19.2 Å². The van der Waals surface area contributed by atoms with Crippen LogP contribution < -0.4 is 10.1 Å². The molecule has 20 heavy (non-hydrogen) atoms. The summed E-state index contributed by atoms with van der Waals surface area (Å²) in [4.78, 5) is 0. The van der Waals surface area contributed by atoms with Crippen molar-refractivity contribution >= 4 is 11.0 Å². The maximum absolute atomic E-state index is 6.00. The van der Waals surface area contributed by atoms with Crippen LogP contribution in [-0.4, -0.2) is 19.2 Å². The molecule has 1 heterocycles. The zero-order valence-electron chi connectivity index (χ0n) is 12.7. The van der Waals surface area contributed by atoms with Crippen LogP contribution in [0.25, 0.3) is 11.0 Å². The molecule has 0 radical (unpaired) electrons. The number of ether oxygens (including phenoxy) is 1. The van der Waals surface area contributed by atoms with Crippen LogP contribution in [0.15, 0.2) is 28.7 Å². The molecular formula is C17H23NO2. The van der Waals surface area contributed by atoms with Gasteiger partial charge in [0.05, 0.1) is 0 Å². The summed E-state index contributed by atoms with van der Waals surface area (Å²) in [5.74, 6) is 1.96. The van der Waals surface area contributed by atoms with E-state index in [2.05, 4.69) is 38.2 Å². The minimum Gasteiger partial charge on any atom is -0.490 e. The highest BCUT2D eigenvalue weighted by Crippen LogP contribution is 2.32. The van der Waals surface area contributed by atoms with Crippen molar-refractivity contribution in [2.45, 2.75) is 51.2 Å². The summed E-state index contributed by atoms with van der Waals surface area (Å²) in [6.07, 6.45) is 2.53. The number of hydrogen-bond donors (Lipinski definition) is 1. The molecule has 0 atom stereocenters. The third-order valence-electron chi connectivity index (χ3n) is 4.03. The van der Waals surface area contributed by atoms with Crippen molar-refractivity contribution in [1.82, 2.24) is 5.32 Å². The average Bonchev–Trinajstić information content (AvgIpc) is 2.76. The number of furan rings is 1. The van der Waals surface area contributed by atoms with Gasteiger partial charge in [0.2, 0.25) is 0 Å². The van der Waals surface area contributed by atoms with Crippen LogP contribution in [0.3, 0.4) is 0 Å². The molecule has 0 spiro atoms. The highest BCUT2D eigenvalue weighted by atomic mass is 16.5. The summed E-state index contributed by atoms with van der Waals surface area (Å²) < 4.78 is 11.9. The quantitative estimate of drug-likeness (QED) is 0.922. The van der Waals surface area contributed by atoms with Crippen LogP contribution in [0.5, 0.6) is 5.75 Å². The second kappa shape index (κ2) is 4.81. The second-order valence-corrected chi connectivity index (χ2v) is 6.76. The van der Waals surface area contributed by atoms with E-state index in [0.29, 0.717) is 12.1 Å².